The van der Waals surface area contributed by atoms with E-state index in [9.17, 15) is 8.78 Å². The Morgan fingerprint density at radius 2 is 1.63 bits per heavy atom. The summed E-state index contributed by atoms with van der Waals surface area (Å²) in [6.07, 6.45) is 1.51. The summed E-state index contributed by atoms with van der Waals surface area (Å²) >= 11 is 0. The molecule has 0 atom stereocenters. The molecule has 19 heavy (non-hydrogen) atoms. The summed E-state index contributed by atoms with van der Waals surface area (Å²) < 4.78 is 38.4. The van der Waals surface area contributed by atoms with Crippen molar-refractivity contribution in [1.82, 2.24) is 4.90 Å². The van der Waals surface area contributed by atoms with Gasteiger partial charge in [-0.1, -0.05) is 6.07 Å². The number of piperidine rings is 1. The van der Waals surface area contributed by atoms with Crippen LogP contribution in [0, 0.1) is 11.6 Å². The lowest BCUT2D eigenvalue weighted by Gasteiger charge is -2.37. The first-order chi connectivity index (χ1) is 9.19. The molecule has 2 aliphatic heterocycles. The number of ether oxygens (including phenoxy) is 2. The predicted octanol–water partition coefficient (Wildman–Crippen LogP) is 2.30. The molecular formula is C14H17F2NO2. The predicted molar refractivity (Wildman–Crippen MR) is 65.5 cm³/mol. The van der Waals surface area contributed by atoms with E-state index in [1.807, 2.05) is 4.90 Å². The fourth-order valence-corrected chi connectivity index (χ4v) is 2.74. The van der Waals surface area contributed by atoms with Crippen LogP contribution in [0.15, 0.2) is 18.2 Å². The van der Waals surface area contributed by atoms with E-state index in [0.29, 0.717) is 19.8 Å². The van der Waals surface area contributed by atoms with Crippen molar-refractivity contribution >= 4 is 0 Å². The zero-order chi connectivity index (χ0) is 13.3. The van der Waals surface area contributed by atoms with Gasteiger partial charge in [-0.15, -0.1) is 0 Å². The number of rotatable bonds is 2. The quantitative estimate of drug-likeness (QED) is 0.822. The Bertz CT molecular complexity index is 431. The Morgan fingerprint density at radius 3 is 2.21 bits per heavy atom. The molecule has 0 aromatic heterocycles. The molecule has 0 amide bonds. The first kappa shape index (κ1) is 13.0. The SMILES string of the molecule is Fc1cccc(F)c1CN1CCC2(CC1)OCCO2. The number of nitrogens with zero attached hydrogens (tertiary/aromatic N) is 1. The van der Waals surface area contributed by atoms with Gasteiger partial charge in [0.15, 0.2) is 5.79 Å². The highest BCUT2D eigenvalue weighted by atomic mass is 19.1. The van der Waals surface area contributed by atoms with Crippen molar-refractivity contribution in [1.29, 1.82) is 0 Å². The zero-order valence-corrected chi connectivity index (χ0v) is 10.7. The number of likely N-dealkylation sites (tertiary alicyclic amines) is 1. The first-order valence-electron chi connectivity index (χ1n) is 6.62. The van der Waals surface area contributed by atoms with E-state index in [1.54, 1.807) is 0 Å². The second-order valence-corrected chi connectivity index (χ2v) is 5.08. The third-order valence-corrected chi connectivity index (χ3v) is 3.87. The summed E-state index contributed by atoms with van der Waals surface area (Å²) in [5, 5.41) is 0. The van der Waals surface area contributed by atoms with Crippen LogP contribution < -0.4 is 0 Å². The van der Waals surface area contributed by atoms with Gasteiger partial charge >= 0.3 is 0 Å². The molecule has 3 nitrogen and oxygen atoms in total. The molecule has 0 bridgehead atoms. The maximum atomic E-state index is 13.6. The fraction of sp³-hybridized carbons (Fsp3) is 0.571. The van der Waals surface area contributed by atoms with Gasteiger partial charge in [-0.05, 0) is 12.1 Å². The van der Waals surface area contributed by atoms with E-state index in [0.717, 1.165) is 25.9 Å². The molecule has 2 fully saturated rings. The Labute approximate surface area is 111 Å². The van der Waals surface area contributed by atoms with E-state index in [2.05, 4.69) is 0 Å². The van der Waals surface area contributed by atoms with E-state index >= 15 is 0 Å². The lowest BCUT2D eigenvalue weighted by atomic mass is 10.0. The molecule has 104 valence electrons. The minimum atomic E-state index is -0.478. The van der Waals surface area contributed by atoms with E-state index < -0.39 is 17.4 Å². The highest BCUT2D eigenvalue weighted by molar-refractivity contribution is 5.19. The van der Waals surface area contributed by atoms with Gasteiger partial charge in [0.05, 0.1) is 13.2 Å². The third-order valence-electron chi connectivity index (χ3n) is 3.87. The average Bonchev–Trinajstić information content (AvgIpc) is 2.85. The molecule has 1 spiro atoms. The van der Waals surface area contributed by atoms with Gasteiger partial charge in [0, 0.05) is 38.0 Å². The molecular weight excluding hydrogens is 252 g/mol. The second-order valence-electron chi connectivity index (χ2n) is 5.08. The van der Waals surface area contributed by atoms with Gasteiger partial charge in [0.1, 0.15) is 11.6 Å². The van der Waals surface area contributed by atoms with Crippen molar-refractivity contribution in [2.75, 3.05) is 26.3 Å². The number of halogens is 2. The van der Waals surface area contributed by atoms with Crippen molar-refractivity contribution in [3.8, 4) is 0 Å². The van der Waals surface area contributed by atoms with Crippen LogP contribution >= 0.6 is 0 Å². The van der Waals surface area contributed by atoms with Crippen LogP contribution in [0.2, 0.25) is 0 Å². The van der Waals surface area contributed by atoms with Crippen LogP contribution in [0.5, 0.6) is 0 Å². The standard InChI is InChI=1S/C14H17F2NO2/c15-12-2-1-3-13(16)11(12)10-17-6-4-14(5-7-17)18-8-9-19-14/h1-3H,4-10H2. The van der Waals surface area contributed by atoms with Crippen LogP contribution in [-0.4, -0.2) is 37.0 Å². The van der Waals surface area contributed by atoms with Gasteiger partial charge in [-0.25, -0.2) is 8.78 Å². The van der Waals surface area contributed by atoms with Crippen molar-refractivity contribution < 1.29 is 18.3 Å². The topological polar surface area (TPSA) is 21.7 Å². The second kappa shape index (κ2) is 5.15. The zero-order valence-electron chi connectivity index (χ0n) is 10.7. The molecule has 1 aromatic rings. The van der Waals surface area contributed by atoms with E-state index in [-0.39, 0.29) is 5.56 Å². The number of benzene rings is 1. The van der Waals surface area contributed by atoms with Crippen molar-refractivity contribution in [3.63, 3.8) is 0 Å². The van der Waals surface area contributed by atoms with Crippen molar-refractivity contribution in [2.45, 2.75) is 25.2 Å². The third kappa shape index (κ3) is 2.63. The highest BCUT2D eigenvalue weighted by Gasteiger charge is 2.39. The van der Waals surface area contributed by atoms with Gasteiger partial charge < -0.3 is 9.47 Å². The number of hydrogen-bond acceptors (Lipinski definition) is 3. The molecule has 0 N–H and O–H groups in total. The van der Waals surface area contributed by atoms with Crippen LogP contribution in [0.25, 0.3) is 0 Å². The Morgan fingerprint density at radius 1 is 1.05 bits per heavy atom. The van der Waals surface area contributed by atoms with Crippen LogP contribution in [-0.2, 0) is 16.0 Å². The summed E-state index contributed by atoms with van der Waals surface area (Å²) in [7, 11) is 0. The van der Waals surface area contributed by atoms with Crippen LogP contribution in [0.1, 0.15) is 18.4 Å². The smallest absolute Gasteiger partial charge is 0.170 e. The molecule has 2 heterocycles. The molecule has 5 heteroatoms. The Hall–Kier alpha value is -1.04. The lowest BCUT2D eigenvalue weighted by molar-refractivity contribution is -0.185. The summed E-state index contributed by atoms with van der Waals surface area (Å²) in [5.74, 6) is -1.40. The van der Waals surface area contributed by atoms with Gasteiger partial charge in [-0.3, -0.25) is 4.90 Å². The largest absolute Gasteiger partial charge is 0.347 e. The summed E-state index contributed by atoms with van der Waals surface area (Å²) in [4.78, 5) is 2.04. The maximum Gasteiger partial charge on any atom is 0.170 e. The number of hydrogen-bond donors (Lipinski definition) is 0. The molecule has 2 saturated heterocycles. The Balaban J connectivity index is 1.63. The monoisotopic (exact) mass is 269 g/mol. The first-order valence-corrected chi connectivity index (χ1v) is 6.62. The summed E-state index contributed by atoms with van der Waals surface area (Å²) in [5.41, 5.74) is 0.145. The highest BCUT2D eigenvalue weighted by Crippen LogP contribution is 2.32. The van der Waals surface area contributed by atoms with Crippen LogP contribution in [0.3, 0.4) is 0 Å². The molecule has 0 unspecified atom stereocenters. The summed E-state index contributed by atoms with van der Waals surface area (Å²) in [6.45, 7) is 3.04. The van der Waals surface area contributed by atoms with Gasteiger partial charge in [0.2, 0.25) is 0 Å². The molecule has 0 radical (unpaired) electrons. The molecule has 0 aliphatic carbocycles. The lowest BCUT2D eigenvalue weighted by Crippen LogP contribution is -2.44. The minimum Gasteiger partial charge on any atom is -0.347 e. The van der Waals surface area contributed by atoms with E-state index in [4.69, 9.17) is 9.47 Å². The molecule has 3 rings (SSSR count). The fourth-order valence-electron chi connectivity index (χ4n) is 2.74. The van der Waals surface area contributed by atoms with Crippen molar-refractivity contribution in [2.24, 2.45) is 0 Å². The average molecular weight is 269 g/mol. The van der Waals surface area contributed by atoms with E-state index in [1.165, 1.54) is 18.2 Å². The van der Waals surface area contributed by atoms with Crippen molar-refractivity contribution in [3.05, 3.63) is 35.4 Å². The molecule has 2 aliphatic rings. The van der Waals surface area contributed by atoms with Gasteiger partial charge in [-0.2, -0.15) is 0 Å². The Kier molecular flexibility index (Phi) is 3.52. The van der Waals surface area contributed by atoms with Gasteiger partial charge in [0.25, 0.3) is 0 Å². The minimum absolute atomic E-state index is 0.145. The van der Waals surface area contributed by atoms with Crippen LogP contribution in [0.4, 0.5) is 8.78 Å². The normalized spacial score (nSPS) is 23.1. The maximum absolute atomic E-state index is 13.6. The summed E-state index contributed by atoms with van der Waals surface area (Å²) in [6, 6.07) is 3.99. The molecule has 1 aromatic carbocycles. The molecule has 0 saturated carbocycles.